The van der Waals surface area contributed by atoms with Crippen LogP contribution < -0.4 is 0 Å². The smallest absolute Gasteiger partial charge is 0.169 e. The maximum Gasteiger partial charge on any atom is 0.169 e. The van der Waals surface area contributed by atoms with Crippen molar-refractivity contribution in [2.24, 2.45) is 0 Å². The van der Waals surface area contributed by atoms with Crippen molar-refractivity contribution in [3.05, 3.63) is 41.0 Å². The molecule has 1 aromatic rings. The Balaban J connectivity index is 3.32. The zero-order valence-electron chi connectivity index (χ0n) is 6.83. The Morgan fingerprint density at radius 2 is 1.57 bits per heavy atom. The number of benzene rings is 1. The molecule has 1 aromatic carbocycles. The van der Waals surface area contributed by atoms with Gasteiger partial charge in [0.25, 0.3) is 0 Å². The van der Waals surface area contributed by atoms with E-state index in [-0.39, 0.29) is 11.9 Å². The van der Waals surface area contributed by atoms with Gasteiger partial charge in [-0.25, -0.2) is 17.6 Å². The lowest BCUT2D eigenvalue weighted by Crippen LogP contribution is -1.97. The lowest BCUT2D eigenvalue weighted by molar-refractivity contribution is 0.451. The van der Waals surface area contributed by atoms with E-state index in [9.17, 15) is 17.6 Å². The van der Waals surface area contributed by atoms with Gasteiger partial charge in [0, 0.05) is 11.9 Å². The van der Waals surface area contributed by atoms with Crippen LogP contribution in [0.2, 0.25) is 0 Å². The minimum Gasteiger partial charge on any atom is -0.204 e. The Kier molecular flexibility index (Phi) is 3.52. The van der Waals surface area contributed by atoms with E-state index < -0.39 is 28.8 Å². The highest BCUT2D eigenvalue weighted by molar-refractivity contribution is 6.19. The van der Waals surface area contributed by atoms with Crippen molar-refractivity contribution in [3.63, 3.8) is 0 Å². The van der Waals surface area contributed by atoms with Crippen LogP contribution in [-0.4, -0.2) is 5.88 Å². The second-order valence-electron chi connectivity index (χ2n) is 2.44. The van der Waals surface area contributed by atoms with Crippen molar-refractivity contribution in [1.82, 2.24) is 0 Å². The van der Waals surface area contributed by atoms with Crippen LogP contribution in [0.1, 0.15) is 5.56 Å². The van der Waals surface area contributed by atoms with Crippen LogP contribution in [-0.2, 0) is 0 Å². The van der Waals surface area contributed by atoms with Gasteiger partial charge in [-0.3, -0.25) is 0 Å². The maximum absolute atomic E-state index is 12.9. The number of alkyl halides is 1. The number of hydrogen-bond acceptors (Lipinski definition) is 0. The summed E-state index contributed by atoms with van der Waals surface area (Å²) in [5.74, 6) is -5.72. The Bertz CT molecular complexity index is 347. The zero-order valence-corrected chi connectivity index (χ0v) is 7.58. The molecule has 1 rings (SSSR count). The molecule has 0 aliphatic rings. The summed E-state index contributed by atoms with van der Waals surface area (Å²) in [5.41, 5.74) is -0.761. The fourth-order valence-electron chi connectivity index (χ4n) is 0.900. The standard InChI is InChI=1S/C9H5ClF4/c10-3-1-2-5-8(13)6(11)4-7(12)9(5)14/h1-2,4H,3H2. The van der Waals surface area contributed by atoms with Gasteiger partial charge in [-0.05, 0) is 0 Å². The minimum absolute atomic E-state index is 0.00296. The monoisotopic (exact) mass is 224 g/mol. The van der Waals surface area contributed by atoms with Gasteiger partial charge in [0.05, 0.1) is 5.56 Å². The van der Waals surface area contributed by atoms with E-state index >= 15 is 0 Å². The molecular formula is C9H5ClF4. The lowest BCUT2D eigenvalue weighted by atomic mass is 10.1. The van der Waals surface area contributed by atoms with Gasteiger partial charge in [-0.1, -0.05) is 12.2 Å². The summed E-state index contributed by atoms with van der Waals surface area (Å²) >= 11 is 5.22. The predicted octanol–water partition coefficient (Wildman–Crippen LogP) is 3.50. The highest BCUT2D eigenvalue weighted by Gasteiger charge is 2.16. The highest BCUT2D eigenvalue weighted by Crippen LogP contribution is 2.20. The number of halogens is 5. The number of hydrogen-bond donors (Lipinski definition) is 0. The average Bonchev–Trinajstić information content (AvgIpc) is 2.15. The van der Waals surface area contributed by atoms with Gasteiger partial charge in [0.1, 0.15) is 0 Å². The molecule has 5 heteroatoms. The molecule has 0 spiro atoms. The van der Waals surface area contributed by atoms with Gasteiger partial charge in [0.15, 0.2) is 23.3 Å². The molecule has 0 radical (unpaired) electrons. The Labute approximate surface area is 82.8 Å². The quantitative estimate of drug-likeness (QED) is 0.410. The summed E-state index contributed by atoms with van der Waals surface area (Å²) in [7, 11) is 0. The molecule has 0 nitrogen and oxygen atoms in total. The highest BCUT2D eigenvalue weighted by atomic mass is 35.5. The fraction of sp³-hybridized carbons (Fsp3) is 0.111. The molecule has 0 N–H and O–H groups in total. The van der Waals surface area contributed by atoms with Gasteiger partial charge < -0.3 is 0 Å². The second-order valence-corrected chi connectivity index (χ2v) is 2.75. The lowest BCUT2D eigenvalue weighted by Gasteiger charge is -2.01. The van der Waals surface area contributed by atoms with Crippen molar-refractivity contribution < 1.29 is 17.6 Å². The van der Waals surface area contributed by atoms with E-state index in [2.05, 4.69) is 0 Å². The molecule has 0 aromatic heterocycles. The van der Waals surface area contributed by atoms with Gasteiger partial charge in [0.2, 0.25) is 0 Å². The summed E-state index contributed by atoms with van der Waals surface area (Å²) in [6, 6.07) is 0.155. The van der Waals surface area contributed by atoms with Crippen molar-refractivity contribution in [3.8, 4) is 0 Å². The second kappa shape index (κ2) is 4.46. The Morgan fingerprint density at radius 3 is 2.00 bits per heavy atom. The zero-order chi connectivity index (χ0) is 10.7. The summed E-state index contributed by atoms with van der Waals surface area (Å²) in [6.07, 6.45) is 2.08. The largest absolute Gasteiger partial charge is 0.204 e. The van der Waals surface area contributed by atoms with Crippen LogP contribution in [0, 0.1) is 23.3 Å². The molecule has 0 unspecified atom stereocenters. The van der Waals surface area contributed by atoms with Crippen LogP contribution >= 0.6 is 11.6 Å². The van der Waals surface area contributed by atoms with Crippen molar-refractivity contribution in [2.45, 2.75) is 0 Å². The number of rotatable bonds is 2. The van der Waals surface area contributed by atoms with E-state index in [1.54, 1.807) is 0 Å². The van der Waals surface area contributed by atoms with Crippen molar-refractivity contribution >= 4 is 17.7 Å². The third kappa shape index (κ3) is 2.07. The molecule has 0 atom stereocenters. The average molecular weight is 225 g/mol. The molecule has 0 saturated carbocycles. The minimum atomic E-state index is -1.43. The molecule has 0 aliphatic heterocycles. The van der Waals surface area contributed by atoms with E-state index in [1.165, 1.54) is 6.08 Å². The summed E-state index contributed by atoms with van der Waals surface area (Å²) in [5, 5.41) is 0. The third-order valence-electron chi connectivity index (χ3n) is 1.52. The van der Waals surface area contributed by atoms with E-state index in [0.717, 1.165) is 6.08 Å². The molecule has 0 amide bonds. The van der Waals surface area contributed by atoms with Crippen LogP contribution in [0.4, 0.5) is 17.6 Å². The van der Waals surface area contributed by atoms with E-state index in [0.29, 0.717) is 0 Å². The first-order chi connectivity index (χ1) is 6.57. The first-order valence-electron chi connectivity index (χ1n) is 3.63. The maximum atomic E-state index is 12.9. The first-order valence-corrected chi connectivity index (χ1v) is 4.17. The SMILES string of the molecule is Fc1cc(F)c(F)c(C=CCCl)c1F. The van der Waals surface area contributed by atoms with Crippen LogP contribution in [0.5, 0.6) is 0 Å². The third-order valence-corrected chi connectivity index (χ3v) is 1.70. The van der Waals surface area contributed by atoms with E-state index in [1.807, 2.05) is 0 Å². The Hall–Kier alpha value is -1.03. The predicted molar refractivity (Wildman–Crippen MR) is 46.0 cm³/mol. The molecule has 0 heterocycles. The number of allylic oxidation sites excluding steroid dienone is 1. The normalized spacial score (nSPS) is 11.2. The molecule has 0 bridgehead atoms. The molecule has 76 valence electrons. The van der Waals surface area contributed by atoms with Gasteiger partial charge in [-0.15, -0.1) is 11.6 Å². The molecule has 14 heavy (non-hydrogen) atoms. The van der Waals surface area contributed by atoms with Gasteiger partial charge in [-0.2, -0.15) is 0 Å². The van der Waals surface area contributed by atoms with Crippen LogP contribution in [0.15, 0.2) is 12.1 Å². The molecule has 0 fully saturated rings. The fourth-order valence-corrected chi connectivity index (χ4v) is 0.989. The first kappa shape index (κ1) is 11.0. The van der Waals surface area contributed by atoms with Crippen LogP contribution in [0.3, 0.4) is 0 Å². The molecule has 0 aliphatic carbocycles. The summed E-state index contributed by atoms with van der Waals surface area (Å²) in [6.45, 7) is 0. The van der Waals surface area contributed by atoms with Crippen molar-refractivity contribution in [1.29, 1.82) is 0 Å². The molecular weight excluding hydrogens is 220 g/mol. The van der Waals surface area contributed by atoms with E-state index in [4.69, 9.17) is 11.6 Å². The van der Waals surface area contributed by atoms with Crippen LogP contribution in [0.25, 0.3) is 6.08 Å². The summed E-state index contributed by atoms with van der Waals surface area (Å²) < 4.78 is 51.0. The Morgan fingerprint density at radius 1 is 1.07 bits per heavy atom. The summed E-state index contributed by atoms with van der Waals surface area (Å²) in [4.78, 5) is 0. The molecule has 0 saturated heterocycles. The van der Waals surface area contributed by atoms with Crippen molar-refractivity contribution in [2.75, 3.05) is 5.88 Å². The topological polar surface area (TPSA) is 0 Å². The van der Waals surface area contributed by atoms with Gasteiger partial charge >= 0.3 is 0 Å².